The van der Waals surface area contributed by atoms with Crippen LogP contribution in [0.25, 0.3) is 33.4 Å². The summed E-state index contributed by atoms with van der Waals surface area (Å²) in [5.41, 5.74) is 5.58. The molecule has 0 saturated carbocycles. The molecule has 162 valence electrons. The normalized spacial score (nSPS) is 11.0. The lowest BCUT2D eigenvalue weighted by molar-refractivity contribution is 0.102. The fourth-order valence-electron chi connectivity index (χ4n) is 3.68. The minimum absolute atomic E-state index is 0.244. The van der Waals surface area contributed by atoms with Crippen LogP contribution in [0.2, 0.25) is 10.0 Å². The van der Waals surface area contributed by atoms with Crippen LogP contribution >= 0.6 is 34.5 Å². The van der Waals surface area contributed by atoms with Crippen LogP contribution in [0.4, 0.5) is 5.13 Å². The number of pyridine rings is 1. The maximum Gasteiger partial charge on any atom is 0.258 e. The average molecular weight is 490 g/mol. The maximum absolute atomic E-state index is 13.3. The molecular formula is C26H17Cl2N3OS. The standard InChI is InChI=1S/C26H17Cl2N3OS/c1-15-6-2-3-7-17(15)23-13-20(18-8-4-5-9-22(18)29-23)25(32)31-26-30-24(14-33-26)19-11-10-16(27)12-21(19)28/h2-14H,1H3,(H,30,31,32). The van der Waals surface area contributed by atoms with Gasteiger partial charge in [-0.2, -0.15) is 0 Å². The molecule has 4 nitrogen and oxygen atoms in total. The van der Waals surface area contributed by atoms with Gasteiger partial charge in [0.25, 0.3) is 5.91 Å². The van der Waals surface area contributed by atoms with E-state index in [4.69, 9.17) is 28.2 Å². The first kappa shape index (κ1) is 21.6. The number of aromatic nitrogens is 2. The lowest BCUT2D eigenvalue weighted by Crippen LogP contribution is -2.13. The Morgan fingerprint density at radius 3 is 2.48 bits per heavy atom. The van der Waals surface area contributed by atoms with E-state index in [0.29, 0.717) is 26.4 Å². The van der Waals surface area contributed by atoms with Gasteiger partial charge in [-0.1, -0.05) is 65.7 Å². The molecule has 1 amide bonds. The number of carbonyl (C=O) groups excluding carboxylic acids is 1. The Labute approximate surface area is 204 Å². The van der Waals surface area contributed by atoms with Crippen molar-refractivity contribution in [2.24, 2.45) is 0 Å². The minimum atomic E-state index is -0.244. The largest absolute Gasteiger partial charge is 0.298 e. The molecule has 1 N–H and O–H groups in total. The van der Waals surface area contributed by atoms with Crippen molar-refractivity contribution in [3.63, 3.8) is 0 Å². The summed E-state index contributed by atoms with van der Waals surface area (Å²) < 4.78 is 0. The highest BCUT2D eigenvalue weighted by Gasteiger charge is 2.17. The summed E-state index contributed by atoms with van der Waals surface area (Å²) in [5, 5.41) is 7.12. The highest BCUT2D eigenvalue weighted by molar-refractivity contribution is 7.14. The fourth-order valence-corrected chi connectivity index (χ4v) is 4.89. The molecule has 2 aromatic heterocycles. The number of amides is 1. The van der Waals surface area contributed by atoms with Gasteiger partial charge in [0.05, 0.1) is 27.5 Å². The summed E-state index contributed by atoms with van der Waals surface area (Å²) in [4.78, 5) is 22.7. The molecule has 0 aliphatic carbocycles. The van der Waals surface area contributed by atoms with Gasteiger partial charge in [-0.25, -0.2) is 9.97 Å². The number of nitrogens with zero attached hydrogens (tertiary/aromatic N) is 2. The smallest absolute Gasteiger partial charge is 0.258 e. The lowest BCUT2D eigenvalue weighted by Gasteiger charge is -2.11. The lowest BCUT2D eigenvalue weighted by atomic mass is 10.0. The Bertz CT molecular complexity index is 1510. The van der Waals surface area contributed by atoms with Gasteiger partial charge in [0, 0.05) is 26.9 Å². The number of hydrogen-bond donors (Lipinski definition) is 1. The monoisotopic (exact) mass is 489 g/mol. The molecule has 33 heavy (non-hydrogen) atoms. The third kappa shape index (κ3) is 4.35. The number of aryl methyl sites for hydroxylation is 1. The van der Waals surface area contributed by atoms with Crippen LogP contribution in [0, 0.1) is 6.92 Å². The summed E-state index contributed by atoms with van der Waals surface area (Å²) in [7, 11) is 0. The molecule has 0 unspecified atom stereocenters. The topological polar surface area (TPSA) is 54.9 Å². The van der Waals surface area contributed by atoms with Crippen molar-refractivity contribution >= 4 is 56.5 Å². The second-order valence-corrected chi connectivity index (χ2v) is 9.21. The fraction of sp³-hybridized carbons (Fsp3) is 0.0385. The number of rotatable bonds is 4. The summed E-state index contributed by atoms with van der Waals surface area (Å²) in [6.07, 6.45) is 0. The van der Waals surface area contributed by atoms with Crippen molar-refractivity contribution in [1.29, 1.82) is 0 Å². The van der Waals surface area contributed by atoms with Gasteiger partial charge in [-0.15, -0.1) is 11.3 Å². The van der Waals surface area contributed by atoms with E-state index in [9.17, 15) is 4.79 Å². The summed E-state index contributed by atoms with van der Waals surface area (Å²) in [6.45, 7) is 2.03. The molecule has 0 spiro atoms. The third-order valence-electron chi connectivity index (χ3n) is 5.31. The van der Waals surface area contributed by atoms with Gasteiger partial charge in [0.1, 0.15) is 0 Å². The Morgan fingerprint density at radius 2 is 1.67 bits per heavy atom. The third-order valence-corrected chi connectivity index (χ3v) is 6.62. The van der Waals surface area contributed by atoms with E-state index in [0.717, 1.165) is 33.3 Å². The predicted octanol–water partition coefficient (Wildman–Crippen LogP) is 7.89. The molecule has 0 fully saturated rings. The molecule has 2 heterocycles. The van der Waals surface area contributed by atoms with Gasteiger partial charge < -0.3 is 0 Å². The summed E-state index contributed by atoms with van der Waals surface area (Å²) in [5.74, 6) is -0.244. The highest BCUT2D eigenvalue weighted by Crippen LogP contribution is 2.33. The Balaban J connectivity index is 1.51. The van der Waals surface area contributed by atoms with E-state index in [2.05, 4.69) is 10.3 Å². The van der Waals surface area contributed by atoms with Crippen LogP contribution in [0.3, 0.4) is 0 Å². The van der Waals surface area contributed by atoms with Crippen LogP contribution in [0.5, 0.6) is 0 Å². The van der Waals surface area contributed by atoms with E-state index in [1.54, 1.807) is 12.1 Å². The van der Waals surface area contributed by atoms with Gasteiger partial charge in [0.2, 0.25) is 0 Å². The van der Waals surface area contributed by atoms with Crippen molar-refractivity contribution in [1.82, 2.24) is 9.97 Å². The number of thiazole rings is 1. The van der Waals surface area contributed by atoms with Gasteiger partial charge in [-0.05, 0) is 42.8 Å². The zero-order chi connectivity index (χ0) is 22.9. The molecule has 0 saturated heterocycles. The molecular weight excluding hydrogens is 473 g/mol. The number of fused-ring (bicyclic) bond motifs is 1. The van der Waals surface area contributed by atoms with Crippen molar-refractivity contribution < 1.29 is 4.79 Å². The molecule has 7 heteroatoms. The van der Waals surface area contributed by atoms with E-state index < -0.39 is 0 Å². The predicted molar refractivity (Wildman–Crippen MR) is 137 cm³/mol. The summed E-state index contributed by atoms with van der Waals surface area (Å²) >= 11 is 13.6. The van der Waals surface area contributed by atoms with E-state index in [-0.39, 0.29) is 5.91 Å². The second-order valence-electron chi connectivity index (χ2n) is 7.50. The van der Waals surface area contributed by atoms with E-state index in [1.807, 2.05) is 73.0 Å². The van der Waals surface area contributed by atoms with Crippen molar-refractivity contribution in [3.8, 4) is 22.5 Å². The SMILES string of the molecule is Cc1ccccc1-c1cc(C(=O)Nc2nc(-c3ccc(Cl)cc3Cl)cs2)c2ccccc2n1. The number of carbonyl (C=O) groups is 1. The van der Waals surface area contributed by atoms with Crippen LogP contribution in [-0.2, 0) is 0 Å². The first-order valence-corrected chi connectivity index (χ1v) is 11.8. The Kier molecular flexibility index (Phi) is 5.85. The Morgan fingerprint density at radius 1 is 0.879 bits per heavy atom. The van der Waals surface area contributed by atoms with E-state index >= 15 is 0 Å². The van der Waals surface area contributed by atoms with Crippen molar-refractivity contribution in [2.75, 3.05) is 5.32 Å². The summed E-state index contributed by atoms with van der Waals surface area (Å²) in [6, 6.07) is 22.7. The first-order chi connectivity index (χ1) is 16.0. The molecule has 0 aliphatic heterocycles. The van der Waals surface area contributed by atoms with Crippen LogP contribution in [-0.4, -0.2) is 15.9 Å². The molecule has 0 atom stereocenters. The molecule has 0 aliphatic rings. The number of benzene rings is 3. The average Bonchev–Trinajstić information content (AvgIpc) is 3.26. The van der Waals surface area contributed by atoms with Crippen LogP contribution in [0.1, 0.15) is 15.9 Å². The number of halogens is 2. The number of para-hydroxylation sites is 1. The quantitative estimate of drug-likeness (QED) is 0.279. The molecule has 5 rings (SSSR count). The van der Waals surface area contributed by atoms with Gasteiger partial charge in [-0.3, -0.25) is 10.1 Å². The zero-order valence-electron chi connectivity index (χ0n) is 17.5. The molecule has 0 radical (unpaired) electrons. The van der Waals surface area contributed by atoms with E-state index in [1.165, 1.54) is 11.3 Å². The number of anilines is 1. The maximum atomic E-state index is 13.3. The number of hydrogen-bond acceptors (Lipinski definition) is 4. The van der Waals surface area contributed by atoms with Gasteiger partial charge >= 0.3 is 0 Å². The Hall–Kier alpha value is -3.25. The molecule has 0 bridgehead atoms. The zero-order valence-corrected chi connectivity index (χ0v) is 19.8. The molecule has 3 aromatic carbocycles. The second kappa shape index (κ2) is 8.94. The van der Waals surface area contributed by atoms with Crippen molar-refractivity contribution in [3.05, 3.63) is 99.3 Å². The number of nitrogens with one attached hydrogen (secondary N) is 1. The van der Waals surface area contributed by atoms with Crippen molar-refractivity contribution in [2.45, 2.75) is 6.92 Å². The first-order valence-electron chi connectivity index (χ1n) is 10.2. The minimum Gasteiger partial charge on any atom is -0.298 e. The highest BCUT2D eigenvalue weighted by atomic mass is 35.5. The van der Waals surface area contributed by atoms with Crippen LogP contribution in [0.15, 0.2) is 78.2 Å². The van der Waals surface area contributed by atoms with Gasteiger partial charge in [0.15, 0.2) is 5.13 Å². The molecule has 5 aromatic rings. The van der Waals surface area contributed by atoms with Crippen LogP contribution < -0.4 is 5.32 Å².